The molecule has 0 aliphatic heterocycles. The van der Waals surface area contributed by atoms with Crippen LogP contribution in [0.4, 0.5) is 0 Å². The number of aryl methyl sites for hydroxylation is 1. The van der Waals surface area contributed by atoms with E-state index in [4.69, 9.17) is 4.42 Å². The third-order valence-electron chi connectivity index (χ3n) is 2.42. The van der Waals surface area contributed by atoms with Gasteiger partial charge < -0.3 is 4.42 Å². The highest BCUT2D eigenvalue weighted by Crippen LogP contribution is 2.20. The fourth-order valence-electron chi connectivity index (χ4n) is 1.65. The molecular formula is C12H15NO3S2. The average Bonchev–Trinajstić information content (AvgIpc) is 2.88. The van der Waals surface area contributed by atoms with E-state index in [1.807, 2.05) is 19.9 Å². The Balaban J connectivity index is 2.04. The first-order valence-corrected chi connectivity index (χ1v) is 7.88. The highest BCUT2D eigenvalue weighted by Gasteiger charge is 2.19. The summed E-state index contributed by atoms with van der Waals surface area (Å²) in [6, 6.07) is 6.85. The summed E-state index contributed by atoms with van der Waals surface area (Å²) in [5, 5.41) is 0. The summed E-state index contributed by atoms with van der Waals surface area (Å²) in [5.41, 5.74) is 0. The monoisotopic (exact) mass is 285 g/mol. The van der Waals surface area contributed by atoms with Crippen molar-refractivity contribution in [2.24, 2.45) is 0 Å². The van der Waals surface area contributed by atoms with Crippen molar-refractivity contribution in [3.63, 3.8) is 0 Å². The van der Waals surface area contributed by atoms with Crippen LogP contribution >= 0.6 is 11.3 Å². The summed E-state index contributed by atoms with van der Waals surface area (Å²) in [6.45, 7) is 3.70. The number of hydrogen-bond donors (Lipinski definition) is 1. The van der Waals surface area contributed by atoms with Crippen LogP contribution < -0.4 is 4.72 Å². The molecule has 2 rings (SSSR count). The second kappa shape index (κ2) is 5.26. The molecule has 1 N–H and O–H groups in total. The van der Waals surface area contributed by atoms with Crippen LogP contribution in [0.5, 0.6) is 0 Å². The fraction of sp³-hybridized carbons (Fsp3) is 0.333. The third kappa shape index (κ3) is 3.22. The van der Waals surface area contributed by atoms with E-state index in [9.17, 15) is 8.42 Å². The van der Waals surface area contributed by atoms with Gasteiger partial charge in [0.05, 0.1) is 6.26 Å². The Bertz CT molecular complexity index is 599. The summed E-state index contributed by atoms with van der Waals surface area (Å²) < 4.78 is 32.3. The number of nitrogens with one attached hydrogen (secondary N) is 1. The largest absolute Gasteiger partial charge is 0.469 e. The zero-order valence-corrected chi connectivity index (χ0v) is 11.8. The molecule has 6 heteroatoms. The van der Waals surface area contributed by atoms with Gasteiger partial charge in [0.15, 0.2) is 0 Å². The van der Waals surface area contributed by atoms with Gasteiger partial charge in [-0.15, -0.1) is 11.3 Å². The lowest BCUT2D eigenvalue weighted by molar-refractivity contribution is 0.479. The van der Waals surface area contributed by atoms with E-state index in [1.165, 1.54) is 11.3 Å². The number of rotatable bonds is 5. The molecule has 0 amide bonds. The van der Waals surface area contributed by atoms with Crippen molar-refractivity contribution in [1.29, 1.82) is 0 Å². The van der Waals surface area contributed by atoms with Crippen LogP contribution in [-0.4, -0.2) is 14.5 Å². The SMILES string of the molecule is Cc1ccc(S(=O)(=O)NC(C)Cc2ccco2)s1. The Morgan fingerprint density at radius 2 is 2.17 bits per heavy atom. The zero-order chi connectivity index (χ0) is 13.2. The van der Waals surface area contributed by atoms with Gasteiger partial charge in [-0.2, -0.15) is 0 Å². The summed E-state index contributed by atoms with van der Waals surface area (Å²) in [4.78, 5) is 0.981. The number of hydrogen-bond acceptors (Lipinski definition) is 4. The van der Waals surface area contributed by atoms with Crippen LogP contribution in [0.25, 0.3) is 0 Å². The van der Waals surface area contributed by atoms with Gasteiger partial charge in [-0.05, 0) is 38.1 Å². The van der Waals surface area contributed by atoms with Crippen molar-refractivity contribution in [1.82, 2.24) is 4.72 Å². The summed E-state index contributed by atoms with van der Waals surface area (Å²) in [5.74, 6) is 0.771. The van der Waals surface area contributed by atoms with Crippen LogP contribution in [0.1, 0.15) is 17.6 Å². The minimum absolute atomic E-state index is 0.205. The zero-order valence-electron chi connectivity index (χ0n) is 10.2. The molecule has 0 radical (unpaired) electrons. The molecule has 1 atom stereocenters. The van der Waals surface area contributed by atoms with Crippen molar-refractivity contribution in [3.8, 4) is 0 Å². The minimum atomic E-state index is -3.42. The molecule has 2 aromatic rings. The molecule has 1 unspecified atom stereocenters. The van der Waals surface area contributed by atoms with Gasteiger partial charge >= 0.3 is 0 Å². The average molecular weight is 285 g/mol. The van der Waals surface area contributed by atoms with Crippen LogP contribution in [0.2, 0.25) is 0 Å². The third-order valence-corrected chi connectivity index (χ3v) is 5.51. The molecule has 0 aliphatic carbocycles. The molecule has 18 heavy (non-hydrogen) atoms. The van der Waals surface area contributed by atoms with Crippen molar-refractivity contribution < 1.29 is 12.8 Å². The molecule has 98 valence electrons. The van der Waals surface area contributed by atoms with Gasteiger partial charge in [0.25, 0.3) is 0 Å². The van der Waals surface area contributed by atoms with Gasteiger partial charge in [0.1, 0.15) is 9.97 Å². The van der Waals surface area contributed by atoms with Crippen molar-refractivity contribution >= 4 is 21.4 Å². The first-order chi connectivity index (χ1) is 8.47. The minimum Gasteiger partial charge on any atom is -0.469 e. The van der Waals surface area contributed by atoms with Crippen molar-refractivity contribution in [2.45, 2.75) is 30.5 Å². The molecule has 0 fully saturated rings. The normalized spacial score (nSPS) is 13.7. The van der Waals surface area contributed by atoms with Crippen molar-refractivity contribution in [2.75, 3.05) is 0 Å². The Labute approximate surface area is 111 Å². The smallest absolute Gasteiger partial charge is 0.250 e. The summed E-state index contributed by atoms with van der Waals surface area (Å²) in [7, 11) is -3.42. The van der Waals surface area contributed by atoms with E-state index >= 15 is 0 Å². The van der Waals surface area contributed by atoms with Crippen LogP contribution in [0.15, 0.2) is 39.2 Å². The lowest BCUT2D eigenvalue weighted by Gasteiger charge is -2.11. The fourth-order valence-corrected chi connectivity index (χ4v) is 4.20. The lowest BCUT2D eigenvalue weighted by atomic mass is 10.2. The highest BCUT2D eigenvalue weighted by molar-refractivity contribution is 7.91. The molecule has 2 heterocycles. The number of thiophene rings is 1. The molecule has 0 saturated carbocycles. The van der Waals surface area contributed by atoms with E-state index in [0.29, 0.717) is 10.6 Å². The maximum Gasteiger partial charge on any atom is 0.250 e. The standard InChI is InChI=1S/C12H15NO3S2/c1-9(8-11-4-3-7-16-11)13-18(14,15)12-6-5-10(2)17-12/h3-7,9,13H,8H2,1-2H3. The van der Waals surface area contributed by atoms with Crippen molar-refractivity contribution in [3.05, 3.63) is 41.2 Å². The molecule has 0 spiro atoms. The van der Waals surface area contributed by atoms with Crippen LogP contribution in [-0.2, 0) is 16.4 Å². The second-order valence-corrected chi connectivity index (χ2v) is 7.40. The van der Waals surface area contributed by atoms with Gasteiger partial charge in [0, 0.05) is 17.3 Å². The predicted molar refractivity (Wildman–Crippen MR) is 71.3 cm³/mol. The quantitative estimate of drug-likeness (QED) is 0.918. The Hall–Kier alpha value is -1.11. The Morgan fingerprint density at radius 3 is 2.72 bits per heavy atom. The first-order valence-electron chi connectivity index (χ1n) is 5.58. The molecule has 0 aliphatic rings. The highest BCUT2D eigenvalue weighted by atomic mass is 32.2. The summed E-state index contributed by atoms with van der Waals surface area (Å²) >= 11 is 1.27. The Kier molecular flexibility index (Phi) is 3.89. The van der Waals surface area contributed by atoms with E-state index in [1.54, 1.807) is 24.5 Å². The van der Waals surface area contributed by atoms with E-state index < -0.39 is 10.0 Å². The molecule has 0 aromatic carbocycles. The predicted octanol–water partition coefficient (Wildman–Crippen LogP) is 2.56. The van der Waals surface area contributed by atoms with Gasteiger partial charge in [-0.25, -0.2) is 13.1 Å². The van der Waals surface area contributed by atoms with Crippen LogP contribution in [0, 0.1) is 6.92 Å². The van der Waals surface area contributed by atoms with Gasteiger partial charge in [0.2, 0.25) is 10.0 Å². The first kappa shape index (κ1) is 13.3. The molecule has 0 bridgehead atoms. The van der Waals surface area contributed by atoms with Gasteiger partial charge in [-0.1, -0.05) is 0 Å². The number of furan rings is 1. The second-order valence-electron chi connectivity index (χ2n) is 4.17. The Morgan fingerprint density at radius 1 is 1.39 bits per heavy atom. The summed E-state index contributed by atoms with van der Waals surface area (Å²) in [6.07, 6.45) is 2.12. The van der Waals surface area contributed by atoms with E-state index in [0.717, 1.165) is 10.6 Å². The van der Waals surface area contributed by atoms with Crippen LogP contribution in [0.3, 0.4) is 0 Å². The maximum absolute atomic E-state index is 12.1. The molecule has 0 saturated heterocycles. The molecule has 2 aromatic heterocycles. The van der Waals surface area contributed by atoms with E-state index in [-0.39, 0.29) is 6.04 Å². The molecule has 4 nitrogen and oxygen atoms in total. The van der Waals surface area contributed by atoms with Gasteiger partial charge in [-0.3, -0.25) is 0 Å². The lowest BCUT2D eigenvalue weighted by Crippen LogP contribution is -2.33. The number of sulfonamides is 1. The molecular weight excluding hydrogens is 270 g/mol. The topological polar surface area (TPSA) is 59.3 Å². The van der Waals surface area contributed by atoms with E-state index in [2.05, 4.69) is 4.72 Å². The maximum atomic E-state index is 12.1.